The van der Waals surface area contributed by atoms with Gasteiger partial charge < -0.3 is 25.6 Å². The van der Waals surface area contributed by atoms with Gasteiger partial charge in [-0.25, -0.2) is 14.0 Å². The summed E-state index contributed by atoms with van der Waals surface area (Å²) in [5.41, 5.74) is 7.68. The van der Waals surface area contributed by atoms with E-state index in [1.807, 2.05) is 6.92 Å². The highest BCUT2D eigenvalue weighted by Crippen LogP contribution is 2.32. The van der Waals surface area contributed by atoms with E-state index in [4.69, 9.17) is 30.5 Å². The second kappa shape index (κ2) is 13.5. The van der Waals surface area contributed by atoms with Crippen molar-refractivity contribution < 1.29 is 36.9 Å². The summed E-state index contributed by atoms with van der Waals surface area (Å²) in [5.74, 6) is -2.63. The van der Waals surface area contributed by atoms with Crippen LogP contribution in [0.25, 0.3) is 5.69 Å². The number of nitrogens with one attached hydrogen (secondary N) is 3. The van der Waals surface area contributed by atoms with Gasteiger partial charge in [-0.15, -0.1) is 5.10 Å². The highest BCUT2D eigenvalue weighted by molar-refractivity contribution is 5.95. The Balaban J connectivity index is 0.000000646. The van der Waals surface area contributed by atoms with Gasteiger partial charge in [0.15, 0.2) is 17.4 Å². The Bertz CT molecular complexity index is 1650. The number of hydrogen-bond donors (Lipinski definition) is 5. The first-order chi connectivity index (χ1) is 20.3. The number of ether oxygens (including phenoxy) is 2. The highest BCUT2D eigenvalue weighted by atomic mass is 19.4. The largest absolute Gasteiger partial charge is 0.494 e. The molecule has 0 amide bonds. The van der Waals surface area contributed by atoms with Crippen LogP contribution in [0.15, 0.2) is 65.5 Å². The molecule has 0 fully saturated rings. The quantitative estimate of drug-likeness (QED) is 0.105. The van der Waals surface area contributed by atoms with E-state index in [0.29, 0.717) is 29.3 Å². The minimum Gasteiger partial charge on any atom is -0.494 e. The van der Waals surface area contributed by atoms with Crippen molar-refractivity contribution in [2.45, 2.75) is 26.1 Å². The van der Waals surface area contributed by atoms with Gasteiger partial charge in [-0.1, -0.05) is 18.2 Å². The molecular weight excluding hydrogens is 576 g/mol. The van der Waals surface area contributed by atoms with Crippen molar-refractivity contribution in [3.8, 4) is 17.2 Å². The molecule has 0 saturated carbocycles. The monoisotopic (exact) mass is 604 g/mol. The zero-order valence-electron chi connectivity index (χ0n) is 23.1. The highest BCUT2D eigenvalue weighted by Gasteiger charge is 2.38. The number of methoxy groups -OCH3 is 1. The van der Waals surface area contributed by atoms with E-state index in [9.17, 15) is 18.0 Å². The fourth-order valence-electron chi connectivity index (χ4n) is 3.88. The molecule has 0 aliphatic carbocycles. The number of carbonyl (C=O) groups is 1. The van der Waals surface area contributed by atoms with Crippen molar-refractivity contribution in [3.05, 3.63) is 99.5 Å². The Morgan fingerprint density at radius 3 is 2.35 bits per heavy atom. The third kappa shape index (κ3) is 7.90. The average molecular weight is 605 g/mol. The van der Waals surface area contributed by atoms with Crippen LogP contribution in [0.4, 0.5) is 23.2 Å². The second-order valence-electron chi connectivity index (χ2n) is 8.87. The zero-order chi connectivity index (χ0) is 31.9. The molecule has 228 valence electrons. The molecule has 1 aromatic heterocycles. The van der Waals surface area contributed by atoms with Crippen LogP contribution < -0.4 is 26.2 Å². The molecule has 43 heavy (non-hydrogen) atoms. The smallest absolute Gasteiger partial charge is 0.490 e. The van der Waals surface area contributed by atoms with Crippen molar-refractivity contribution in [1.82, 2.24) is 14.8 Å². The summed E-state index contributed by atoms with van der Waals surface area (Å²) in [5, 5.41) is 22.5. The lowest BCUT2D eigenvalue weighted by Gasteiger charge is -2.21. The van der Waals surface area contributed by atoms with E-state index in [-0.39, 0.29) is 23.0 Å². The van der Waals surface area contributed by atoms with Gasteiger partial charge in [0.25, 0.3) is 0 Å². The number of aromatic nitrogens is 3. The van der Waals surface area contributed by atoms with Crippen molar-refractivity contribution >= 4 is 17.5 Å². The number of nitrogen functional groups attached to an aromatic ring is 1. The van der Waals surface area contributed by atoms with Crippen molar-refractivity contribution in [2.24, 2.45) is 5.73 Å². The van der Waals surface area contributed by atoms with E-state index in [0.717, 1.165) is 5.56 Å². The number of rotatable bonds is 9. The van der Waals surface area contributed by atoms with Crippen LogP contribution in [0.5, 0.6) is 11.5 Å². The summed E-state index contributed by atoms with van der Waals surface area (Å²) >= 11 is 0. The number of amidine groups is 1. The summed E-state index contributed by atoms with van der Waals surface area (Å²) in [6.45, 7) is 3.91. The Kier molecular flexibility index (Phi) is 10.1. The minimum absolute atomic E-state index is 0.0657. The topological polar surface area (TPSA) is 168 Å². The number of hydrogen-bond acceptors (Lipinski definition) is 7. The molecule has 4 rings (SSSR count). The van der Waals surface area contributed by atoms with E-state index in [1.54, 1.807) is 67.6 Å². The van der Waals surface area contributed by atoms with Crippen molar-refractivity contribution in [1.29, 1.82) is 5.41 Å². The van der Waals surface area contributed by atoms with Gasteiger partial charge in [0.1, 0.15) is 23.3 Å². The maximum Gasteiger partial charge on any atom is 0.490 e. The van der Waals surface area contributed by atoms with E-state index < -0.39 is 29.7 Å². The molecule has 3 aromatic carbocycles. The van der Waals surface area contributed by atoms with Crippen LogP contribution in [0.3, 0.4) is 0 Å². The van der Waals surface area contributed by atoms with E-state index in [2.05, 4.69) is 15.4 Å². The summed E-state index contributed by atoms with van der Waals surface area (Å²) in [6.07, 6.45) is -5.08. The number of nitrogens with zero attached hydrogens (tertiary/aromatic N) is 2. The number of halogens is 4. The van der Waals surface area contributed by atoms with Gasteiger partial charge in [0.2, 0.25) is 0 Å². The number of aromatic amines is 1. The van der Waals surface area contributed by atoms with E-state index >= 15 is 4.39 Å². The molecule has 1 unspecified atom stereocenters. The van der Waals surface area contributed by atoms with Crippen molar-refractivity contribution in [2.75, 3.05) is 19.0 Å². The molecular formula is C28H28F4N6O5. The molecule has 4 aromatic rings. The number of H-pyrrole nitrogens is 1. The first-order valence-electron chi connectivity index (χ1n) is 12.5. The minimum atomic E-state index is -5.08. The fourth-order valence-corrected chi connectivity index (χ4v) is 3.88. The molecule has 11 nitrogen and oxygen atoms in total. The molecule has 0 bridgehead atoms. The summed E-state index contributed by atoms with van der Waals surface area (Å²) in [7, 11) is 1.50. The lowest BCUT2D eigenvalue weighted by molar-refractivity contribution is -0.192. The zero-order valence-corrected chi connectivity index (χ0v) is 23.1. The molecule has 1 atom stereocenters. The number of nitrogens with two attached hydrogens (primary N) is 1. The maximum absolute atomic E-state index is 15.6. The van der Waals surface area contributed by atoms with Crippen molar-refractivity contribution in [3.63, 3.8) is 0 Å². The molecule has 1 heterocycles. The first kappa shape index (κ1) is 32.2. The number of carboxylic acids is 1. The predicted molar refractivity (Wildman–Crippen MR) is 150 cm³/mol. The number of benzene rings is 3. The van der Waals surface area contributed by atoms with Crippen LogP contribution in [0.1, 0.15) is 35.5 Å². The average Bonchev–Trinajstić information content (AvgIpc) is 3.34. The van der Waals surface area contributed by atoms with Gasteiger partial charge in [0, 0.05) is 16.8 Å². The number of anilines is 1. The van der Waals surface area contributed by atoms with Gasteiger partial charge in [-0.05, 0) is 61.9 Å². The van der Waals surface area contributed by atoms with Gasteiger partial charge in [-0.2, -0.15) is 17.9 Å². The first-order valence-corrected chi connectivity index (χ1v) is 12.5. The number of aryl methyl sites for hydroxylation is 1. The number of aliphatic carboxylic acids is 1. The summed E-state index contributed by atoms with van der Waals surface area (Å²) < 4.78 is 59.4. The Hall–Kier alpha value is -5.34. The van der Waals surface area contributed by atoms with Gasteiger partial charge in [-0.3, -0.25) is 10.4 Å². The second-order valence-corrected chi connectivity index (χ2v) is 8.87. The molecule has 6 N–H and O–H groups in total. The summed E-state index contributed by atoms with van der Waals surface area (Å²) in [4.78, 5) is 24.6. The van der Waals surface area contributed by atoms with Crippen LogP contribution in [-0.4, -0.2) is 51.6 Å². The molecule has 0 aliphatic heterocycles. The van der Waals surface area contributed by atoms with Gasteiger partial charge in [0.05, 0.1) is 13.7 Å². The Morgan fingerprint density at radius 2 is 1.79 bits per heavy atom. The molecule has 15 heteroatoms. The SMILES string of the molecule is CCOc1cc(C)cc(C(Nc2ccc(C(=N)N)cc2)c2nn(-c3ccccc3OC)c(=O)[nH]2)c1F.O=C(O)C(F)(F)F. The molecule has 0 aliphatic rings. The third-order valence-corrected chi connectivity index (χ3v) is 5.79. The molecule has 0 saturated heterocycles. The molecule has 0 spiro atoms. The number of alkyl halides is 3. The van der Waals surface area contributed by atoms with Crippen LogP contribution >= 0.6 is 0 Å². The fraction of sp³-hybridized carbons (Fsp3) is 0.214. The number of carboxylic acid groups (broad SMARTS) is 1. The van der Waals surface area contributed by atoms with Crippen LogP contribution in [0, 0.1) is 18.2 Å². The third-order valence-electron chi connectivity index (χ3n) is 5.79. The van der Waals surface area contributed by atoms with E-state index in [1.165, 1.54) is 11.8 Å². The van der Waals surface area contributed by atoms with Crippen LogP contribution in [-0.2, 0) is 4.79 Å². The van der Waals surface area contributed by atoms with Gasteiger partial charge >= 0.3 is 17.8 Å². The normalized spacial score (nSPS) is 11.6. The Morgan fingerprint density at radius 1 is 1.16 bits per heavy atom. The summed E-state index contributed by atoms with van der Waals surface area (Å²) in [6, 6.07) is 16.2. The molecule has 0 radical (unpaired) electrons. The lowest BCUT2D eigenvalue weighted by atomic mass is 10.0. The lowest BCUT2D eigenvalue weighted by Crippen LogP contribution is -2.21. The number of para-hydroxylation sites is 2. The standard InChI is InChI=1S/C26H27FN6O3.C2HF3O2/c1-4-36-21-14-15(2)13-18(22(21)27)23(30-17-11-9-16(10-12-17)24(28)29)25-31-26(34)33(32-25)19-7-5-6-8-20(19)35-3;3-2(4,5)1(6)7/h5-14,23,30H,4H2,1-3H3,(H3,28,29)(H,31,32,34);(H,6,7). The maximum atomic E-state index is 15.6. The van der Waals surface area contributed by atoms with Crippen LogP contribution in [0.2, 0.25) is 0 Å². The Labute approximate surface area is 242 Å². The predicted octanol–water partition coefficient (Wildman–Crippen LogP) is 4.53.